The Morgan fingerprint density at radius 3 is 1.25 bits per heavy atom. The van der Waals surface area contributed by atoms with Crippen LogP contribution >= 0.6 is 0 Å². The molecule has 6 aromatic rings. The van der Waals surface area contributed by atoms with Crippen LogP contribution in [0.1, 0.15) is 93.6 Å². The molecule has 0 spiro atoms. The van der Waals surface area contributed by atoms with Gasteiger partial charge in [-0.2, -0.15) is 12.1 Å². The maximum atomic E-state index is 3.38. The Morgan fingerprint density at radius 2 is 0.864 bits per heavy atom. The summed E-state index contributed by atoms with van der Waals surface area (Å²) in [6.07, 6.45) is 14.8. The summed E-state index contributed by atoms with van der Waals surface area (Å²) in [5.74, 6) is 1.61. The first-order chi connectivity index (χ1) is 20.2. The largest absolute Gasteiger partial charge is 1.00 e. The quantitative estimate of drug-likeness (QED) is 0.138. The predicted octanol–water partition coefficient (Wildman–Crippen LogP) is 6.57. The van der Waals surface area contributed by atoms with Gasteiger partial charge in [0.25, 0.3) is 0 Å². The first-order valence-corrected chi connectivity index (χ1v) is 16.0. The second-order valence-corrected chi connectivity index (χ2v) is 12.2. The van der Waals surface area contributed by atoms with E-state index in [1.165, 1.54) is 107 Å². The van der Waals surface area contributed by atoms with Crippen molar-refractivity contribution in [2.24, 2.45) is 0 Å². The Morgan fingerprint density at radius 1 is 0.500 bits per heavy atom. The molecular weight excluding hydrogens is 742 g/mol. The molecule has 2 saturated carbocycles. The average Bonchev–Trinajstić information content (AvgIpc) is 3.68. The van der Waals surface area contributed by atoms with Gasteiger partial charge in [0.2, 0.25) is 0 Å². The summed E-state index contributed by atoms with van der Waals surface area (Å²) >= 11 is 0. The van der Waals surface area contributed by atoms with Crippen LogP contribution in [-0.2, 0) is 25.8 Å². The van der Waals surface area contributed by atoms with Crippen molar-refractivity contribution in [1.29, 1.82) is 0 Å². The van der Waals surface area contributed by atoms with E-state index in [9.17, 15) is 0 Å². The number of hydrogen-bond donors (Lipinski definition) is 0. The number of rotatable bonds is 2. The Kier molecular flexibility index (Phi) is 14.7. The first kappa shape index (κ1) is 36.5. The van der Waals surface area contributed by atoms with Crippen molar-refractivity contribution in [3.8, 4) is 0 Å². The van der Waals surface area contributed by atoms with E-state index in [0.29, 0.717) is 0 Å². The zero-order valence-corrected chi connectivity index (χ0v) is 30.9. The second kappa shape index (κ2) is 17.7. The minimum Gasteiger partial charge on any atom is -1.00 e. The molecule has 6 aromatic carbocycles. The molecule has 2 aliphatic carbocycles. The van der Waals surface area contributed by atoms with Gasteiger partial charge in [-0.1, -0.05) is 110 Å². The molecule has 0 N–H and O–H groups in total. The SMILES string of the molecule is [CH2-]C[CH2-].[Cl-].[Cl-].[Hf].c1ccc2c(c1)ccc1[cH-]c(C3CCCCC3)cc12.c1ccc2c(c1)ccc1[cH-]c(C3CCCCC3)cc12. The van der Waals surface area contributed by atoms with Crippen LogP contribution in [0.3, 0.4) is 0 Å². The molecular formula is C41H44Cl2Hf-6. The van der Waals surface area contributed by atoms with Crippen molar-refractivity contribution < 1.29 is 50.7 Å². The van der Waals surface area contributed by atoms with Crippen LogP contribution in [0.4, 0.5) is 0 Å². The summed E-state index contributed by atoms with van der Waals surface area (Å²) in [5.41, 5.74) is 3.15. The van der Waals surface area contributed by atoms with Crippen molar-refractivity contribution in [1.82, 2.24) is 0 Å². The molecule has 2 fully saturated rings. The molecule has 0 unspecified atom stereocenters. The molecule has 0 amide bonds. The normalized spacial score (nSPS) is 15.3. The van der Waals surface area contributed by atoms with Crippen molar-refractivity contribution in [3.63, 3.8) is 0 Å². The van der Waals surface area contributed by atoms with Gasteiger partial charge < -0.3 is 45.1 Å². The van der Waals surface area contributed by atoms with E-state index in [1.54, 1.807) is 11.1 Å². The van der Waals surface area contributed by atoms with Crippen LogP contribution in [-0.4, -0.2) is 0 Å². The van der Waals surface area contributed by atoms with E-state index in [-0.39, 0.29) is 50.7 Å². The number of hydrogen-bond acceptors (Lipinski definition) is 0. The van der Waals surface area contributed by atoms with Crippen LogP contribution < -0.4 is 24.8 Å². The van der Waals surface area contributed by atoms with Crippen molar-refractivity contribution in [3.05, 3.63) is 122 Å². The zero-order chi connectivity index (χ0) is 28.0. The van der Waals surface area contributed by atoms with Gasteiger partial charge in [0.1, 0.15) is 0 Å². The van der Waals surface area contributed by atoms with Gasteiger partial charge >= 0.3 is 0 Å². The van der Waals surface area contributed by atoms with Gasteiger partial charge in [0.05, 0.1) is 0 Å². The summed E-state index contributed by atoms with van der Waals surface area (Å²) in [7, 11) is 0. The maximum Gasteiger partial charge on any atom is 0 e. The van der Waals surface area contributed by atoms with Gasteiger partial charge in [-0.15, -0.1) is 56.9 Å². The number of halogens is 2. The fraction of sp³-hybridized carbons (Fsp3) is 0.317. The molecule has 3 heteroatoms. The molecule has 0 aromatic heterocycles. The van der Waals surface area contributed by atoms with Crippen LogP contribution in [0.15, 0.2) is 97.1 Å². The predicted molar refractivity (Wildman–Crippen MR) is 181 cm³/mol. The molecule has 0 atom stereocenters. The van der Waals surface area contributed by atoms with E-state index < -0.39 is 0 Å². The third kappa shape index (κ3) is 8.26. The van der Waals surface area contributed by atoms with Gasteiger partial charge in [0.15, 0.2) is 0 Å². The molecule has 0 radical (unpaired) electrons. The Hall–Kier alpha value is -1.93. The van der Waals surface area contributed by atoms with Crippen LogP contribution in [0, 0.1) is 13.8 Å². The molecule has 0 bridgehead atoms. The Balaban J connectivity index is 0.000000208. The monoisotopic (exact) mass is 786 g/mol. The molecule has 0 nitrogen and oxygen atoms in total. The minimum absolute atomic E-state index is 0. The zero-order valence-electron chi connectivity index (χ0n) is 25.8. The summed E-state index contributed by atoms with van der Waals surface area (Å²) in [5, 5.41) is 11.2. The molecule has 232 valence electrons. The van der Waals surface area contributed by atoms with Gasteiger partial charge in [-0.05, 0) is 48.3 Å². The van der Waals surface area contributed by atoms with E-state index in [1.807, 2.05) is 0 Å². The van der Waals surface area contributed by atoms with E-state index in [4.69, 9.17) is 0 Å². The standard InChI is InChI=1S/2C19H19.C3H6.2ClH.Hf/c2*1-2-6-14(7-3-1)17-12-16-11-10-15-8-4-5-9-18(15)19(16)13-17;1-3-2;;;/h2*4-5,8-14H,1-3,6-7H2;1-3H2;2*1H;/q2*-1;-2;;;/p-2. The fourth-order valence-corrected chi connectivity index (χ4v) is 7.32. The Labute approximate surface area is 296 Å². The van der Waals surface area contributed by atoms with E-state index in [0.717, 1.165) is 18.3 Å². The van der Waals surface area contributed by atoms with Gasteiger partial charge in [-0.25, -0.2) is 0 Å². The summed E-state index contributed by atoms with van der Waals surface area (Å²) < 4.78 is 0. The third-order valence-electron chi connectivity index (χ3n) is 9.43. The van der Waals surface area contributed by atoms with Crippen LogP contribution in [0.2, 0.25) is 0 Å². The van der Waals surface area contributed by atoms with Crippen molar-refractivity contribution in [2.75, 3.05) is 0 Å². The third-order valence-corrected chi connectivity index (χ3v) is 9.43. The van der Waals surface area contributed by atoms with Crippen molar-refractivity contribution >= 4 is 43.1 Å². The van der Waals surface area contributed by atoms with Crippen molar-refractivity contribution in [2.45, 2.75) is 82.5 Å². The van der Waals surface area contributed by atoms with Crippen LogP contribution in [0.5, 0.6) is 0 Å². The molecule has 8 rings (SSSR count). The number of fused-ring (bicyclic) bond motifs is 6. The Bertz CT molecular complexity index is 1590. The molecule has 2 aliphatic rings. The second-order valence-electron chi connectivity index (χ2n) is 12.2. The molecule has 0 saturated heterocycles. The smallest absolute Gasteiger partial charge is 0 e. The van der Waals surface area contributed by atoms with E-state index in [2.05, 4.69) is 111 Å². The molecule has 0 heterocycles. The molecule has 44 heavy (non-hydrogen) atoms. The summed E-state index contributed by atoms with van der Waals surface area (Å²) in [6.45, 7) is 6.75. The van der Waals surface area contributed by atoms with Crippen LogP contribution in [0.25, 0.3) is 43.1 Å². The van der Waals surface area contributed by atoms with E-state index >= 15 is 0 Å². The van der Waals surface area contributed by atoms with Gasteiger partial charge in [0, 0.05) is 25.8 Å². The topological polar surface area (TPSA) is 0 Å². The summed E-state index contributed by atoms with van der Waals surface area (Å²) in [6, 6.07) is 36.3. The maximum absolute atomic E-state index is 3.38. The molecule has 0 aliphatic heterocycles. The van der Waals surface area contributed by atoms with Gasteiger partial charge in [-0.3, -0.25) is 0 Å². The average molecular weight is 786 g/mol. The minimum atomic E-state index is 0. The summed E-state index contributed by atoms with van der Waals surface area (Å²) in [4.78, 5) is 0. The number of benzene rings is 4. The first-order valence-electron chi connectivity index (χ1n) is 16.0. The fourth-order valence-electron chi connectivity index (χ4n) is 7.32.